The van der Waals surface area contributed by atoms with Crippen molar-refractivity contribution in [3.05, 3.63) is 35.4 Å². The van der Waals surface area contributed by atoms with E-state index >= 15 is 0 Å². The van der Waals surface area contributed by atoms with Crippen LogP contribution < -0.4 is 0 Å². The second kappa shape index (κ2) is 5.08. The van der Waals surface area contributed by atoms with Crippen LogP contribution in [0.5, 0.6) is 0 Å². The summed E-state index contributed by atoms with van der Waals surface area (Å²) >= 11 is 0. The highest BCUT2D eigenvalue weighted by Gasteiger charge is 2.16. The Morgan fingerprint density at radius 1 is 1.33 bits per heavy atom. The van der Waals surface area contributed by atoms with Crippen LogP contribution in [0.25, 0.3) is 0 Å². The highest BCUT2D eigenvalue weighted by molar-refractivity contribution is 5.99. The lowest BCUT2D eigenvalue weighted by atomic mass is 9.96. The lowest BCUT2D eigenvalue weighted by Crippen LogP contribution is -2.26. The van der Waals surface area contributed by atoms with Gasteiger partial charge in [0, 0.05) is 18.0 Å². The average molecular weight is 205 g/mol. The summed E-state index contributed by atoms with van der Waals surface area (Å²) in [5.41, 5.74) is 1.92. The second-order valence-corrected chi connectivity index (χ2v) is 4.34. The Hall–Kier alpha value is -1.15. The van der Waals surface area contributed by atoms with Crippen LogP contribution in [0.3, 0.4) is 0 Å². The predicted octanol–water partition coefficient (Wildman–Crippen LogP) is 2.38. The van der Waals surface area contributed by atoms with Crippen molar-refractivity contribution in [1.82, 2.24) is 4.90 Å². The predicted molar refractivity (Wildman–Crippen MR) is 63.2 cm³/mol. The van der Waals surface area contributed by atoms with Gasteiger partial charge in [0.15, 0.2) is 5.78 Å². The van der Waals surface area contributed by atoms with E-state index in [0.29, 0.717) is 0 Å². The number of carbonyl (C=O) groups is 1. The zero-order valence-electron chi connectivity index (χ0n) is 9.95. The van der Waals surface area contributed by atoms with Crippen molar-refractivity contribution < 1.29 is 4.79 Å². The molecule has 1 aromatic rings. The monoisotopic (exact) mass is 205 g/mol. The highest BCUT2D eigenvalue weighted by atomic mass is 16.1. The van der Waals surface area contributed by atoms with E-state index in [4.69, 9.17) is 0 Å². The van der Waals surface area contributed by atoms with Gasteiger partial charge >= 0.3 is 0 Å². The molecular formula is C13H19NO. The van der Waals surface area contributed by atoms with Crippen molar-refractivity contribution >= 4 is 5.78 Å². The van der Waals surface area contributed by atoms with Crippen molar-refractivity contribution in [2.24, 2.45) is 5.92 Å². The first kappa shape index (κ1) is 11.9. The van der Waals surface area contributed by atoms with E-state index in [0.717, 1.165) is 17.7 Å². The largest absolute Gasteiger partial charge is 0.309 e. The quantitative estimate of drug-likeness (QED) is 0.703. The fourth-order valence-corrected chi connectivity index (χ4v) is 1.75. The summed E-state index contributed by atoms with van der Waals surface area (Å²) in [5.74, 6) is 0.294. The van der Waals surface area contributed by atoms with Crippen LogP contribution in [0.15, 0.2) is 24.3 Å². The molecule has 0 aliphatic rings. The van der Waals surface area contributed by atoms with Crippen LogP contribution in [0, 0.1) is 12.8 Å². The number of benzene rings is 1. The maximum atomic E-state index is 12.1. The van der Waals surface area contributed by atoms with E-state index in [2.05, 4.69) is 0 Å². The smallest absolute Gasteiger partial charge is 0.167 e. The number of carbonyl (C=O) groups excluding carboxylic acids is 1. The Morgan fingerprint density at radius 3 is 2.47 bits per heavy atom. The van der Waals surface area contributed by atoms with E-state index in [1.165, 1.54) is 0 Å². The Bertz CT molecular complexity index is 344. The first-order valence-electron chi connectivity index (χ1n) is 5.27. The number of rotatable bonds is 4. The van der Waals surface area contributed by atoms with Gasteiger partial charge in [-0.25, -0.2) is 0 Å². The van der Waals surface area contributed by atoms with Crippen LogP contribution in [0.4, 0.5) is 0 Å². The van der Waals surface area contributed by atoms with E-state index in [1.54, 1.807) is 0 Å². The summed E-state index contributed by atoms with van der Waals surface area (Å²) in [7, 11) is 3.98. The zero-order valence-corrected chi connectivity index (χ0v) is 9.95. The minimum atomic E-state index is 0.0566. The molecule has 1 unspecified atom stereocenters. The molecule has 0 saturated heterocycles. The van der Waals surface area contributed by atoms with Gasteiger partial charge in [-0.2, -0.15) is 0 Å². The summed E-state index contributed by atoms with van der Waals surface area (Å²) < 4.78 is 0. The standard InChI is InChI=1S/C13H19NO/c1-10-7-5-6-8-12(10)13(15)11(2)9-14(3)4/h5-8,11H,9H2,1-4H3. The van der Waals surface area contributed by atoms with E-state index in [1.807, 2.05) is 57.1 Å². The Morgan fingerprint density at radius 2 is 1.93 bits per heavy atom. The van der Waals surface area contributed by atoms with Gasteiger partial charge in [0.1, 0.15) is 0 Å². The molecule has 0 bridgehead atoms. The second-order valence-electron chi connectivity index (χ2n) is 4.34. The molecular weight excluding hydrogens is 186 g/mol. The maximum absolute atomic E-state index is 12.1. The molecule has 0 aliphatic heterocycles. The van der Waals surface area contributed by atoms with Gasteiger partial charge in [0.25, 0.3) is 0 Å². The van der Waals surface area contributed by atoms with Crippen LogP contribution in [-0.4, -0.2) is 31.3 Å². The molecule has 1 rings (SSSR count). The molecule has 15 heavy (non-hydrogen) atoms. The SMILES string of the molecule is Cc1ccccc1C(=O)C(C)CN(C)C. The minimum Gasteiger partial charge on any atom is -0.309 e. The molecule has 1 atom stereocenters. The third kappa shape index (κ3) is 3.17. The van der Waals surface area contributed by atoms with Crippen molar-refractivity contribution in [3.8, 4) is 0 Å². The Kier molecular flexibility index (Phi) is 4.04. The first-order chi connectivity index (χ1) is 7.02. The molecule has 0 N–H and O–H groups in total. The number of ketones is 1. The van der Waals surface area contributed by atoms with E-state index < -0.39 is 0 Å². The number of nitrogens with zero attached hydrogens (tertiary/aromatic N) is 1. The average Bonchev–Trinajstić information content (AvgIpc) is 2.16. The third-order valence-corrected chi connectivity index (χ3v) is 2.50. The first-order valence-corrected chi connectivity index (χ1v) is 5.27. The highest BCUT2D eigenvalue weighted by Crippen LogP contribution is 2.13. The van der Waals surface area contributed by atoms with Gasteiger partial charge in [-0.1, -0.05) is 31.2 Å². The van der Waals surface area contributed by atoms with E-state index in [-0.39, 0.29) is 11.7 Å². The molecule has 0 aromatic heterocycles. The fraction of sp³-hybridized carbons (Fsp3) is 0.462. The fourth-order valence-electron chi connectivity index (χ4n) is 1.75. The van der Waals surface area contributed by atoms with Crippen molar-refractivity contribution in [1.29, 1.82) is 0 Å². The molecule has 0 radical (unpaired) electrons. The molecule has 0 amide bonds. The van der Waals surface area contributed by atoms with E-state index in [9.17, 15) is 4.79 Å². The lowest BCUT2D eigenvalue weighted by molar-refractivity contribution is 0.0909. The topological polar surface area (TPSA) is 20.3 Å². The van der Waals surface area contributed by atoms with Crippen LogP contribution in [-0.2, 0) is 0 Å². The van der Waals surface area contributed by atoms with Gasteiger partial charge in [0.05, 0.1) is 0 Å². The minimum absolute atomic E-state index is 0.0566. The van der Waals surface area contributed by atoms with Crippen LogP contribution in [0.1, 0.15) is 22.8 Å². The molecule has 2 heteroatoms. The molecule has 2 nitrogen and oxygen atoms in total. The molecule has 0 saturated carbocycles. The molecule has 82 valence electrons. The lowest BCUT2D eigenvalue weighted by Gasteiger charge is -2.16. The summed E-state index contributed by atoms with van der Waals surface area (Å²) in [6, 6.07) is 7.77. The maximum Gasteiger partial charge on any atom is 0.167 e. The van der Waals surface area contributed by atoms with Crippen molar-refractivity contribution in [3.63, 3.8) is 0 Å². The normalized spacial score (nSPS) is 12.9. The molecule has 0 spiro atoms. The van der Waals surface area contributed by atoms with Gasteiger partial charge in [0.2, 0.25) is 0 Å². The summed E-state index contributed by atoms with van der Waals surface area (Å²) in [6.07, 6.45) is 0. The summed E-state index contributed by atoms with van der Waals surface area (Å²) in [6.45, 7) is 4.76. The van der Waals surface area contributed by atoms with Gasteiger partial charge in [-0.3, -0.25) is 4.79 Å². The summed E-state index contributed by atoms with van der Waals surface area (Å²) in [4.78, 5) is 14.1. The van der Waals surface area contributed by atoms with Gasteiger partial charge in [-0.05, 0) is 26.6 Å². The number of Topliss-reactive ketones (excluding diaryl/α,β-unsaturated/α-hetero) is 1. The number of aryl methyl sites for hydroxylation is 1. The molecule has 1 aromatic carbocycles. The van der Waals surface area contributed by atoms with Crippen LogP contribution in [0.2, 0.25) is 0 Å². The Balaban J connectivity index is 2.81. The molecule has 0 fully saturated rings. The molecule has 0 heterocycles. The van der Waals surface area contributed by atoms with Crippen molar-refractivity contribution in [2.75, 3.05) is 20.6 Å². The van der Waals surface area contributed by atoms with Gasteiger partial charge < -0.3 is 4.90 Å². The van der Waals surface area contributed by atoms with Crippen molar-refractivity contribution in [2.45, 2.75) is 13.8 Å². The zero-order chi connectivity index (χ0) is 11.4. The Labute approximate surface area is 91.9 Å². The number of hydrogen-bond acceptors (Lipinski definition) is 2. The third-order valence-electron chi connectivity index (χ3n) is 2.50. The van der Waals surface area contributed by atoms with Gasteiger partial charge in [-0.15, -0.1) is 0 Å². The number of hydrogen-bond donors (Lipinski definition) is 0. The molecule has 0 aliphatic carbocycles. The van der Waals surface area contributed by atoms with Crippen LogP contribution >= 0.6 is 0 Å². The summed E-state index contributed by atoms with van der Waals surface area (Å²) in [5, 5.41) is 0.